The summed E-state index contributed by atoms with van der Waals surface area (Å²) < 4.78 is 0. The van der Waals surface area contributed by atoms with Crippen LogP contribution in [0.1, 0.15) is 62.8 Å². The van der Waals surface area contributed by atoms with Crippen LogP contribution in [0.2, 0.25) is 0 Å². The van der Waals surface area contributed by atoms with Gasteiger partial charge in [-0.15, -0.1) is 11.8 Å². The van der Waals surface area contributed by atoms with Gasteiger partial charge in [0.05, 0.1) is 41.2 Å². The van der Waals surface area contributed by atoms with E-state index in [9.17, 15) is 9.59 Å². The van der Waals surface area contributed by atoms with Gasteiger partial charge in [0.2, 0.25) is 0 Å². The fourth-order valence-electron chi connectivity index (χ4n) is 8.44. The molecule has 7 rings (SSSR count). The molecule has 0 bridgehead atoms. The van der Waals surface area contributed by atoms with Crippen LogP contribution in [0.3, 0.4) is 0 Å². The topological polar surface area (TPSA) is 90.5 Å². The average Bonchev–Trinajstić information content (AvgIpc) is 3.59. The smallest absolute Gasteiger partial charge is 0.257 e. The monoisotopic (exact) mass is 536 g/mol. The number of thioether (sulfide) groups is 1. The number of carbonyl (C=O) groups is 2. The van der Waals surface area contributed by atoms with Crippen molar-refractivity contribution >= 4 is 23.5 Å². The van der Waals surface area contributed by atoms with E-state index in [1.807, 2.05) is 6.92 Å². The minimum absolute atomic E-state index is 0.0273. The molecule has 38 heavy (non-hydrogen) atoms. The van der Waals surface area contributed by atoms with E-state index in [0.29, 0.717) is 34.5 Å². The number of hydrogen-bond acceptors (Lipinski definition) is 8. The highest BCUT2D eigenvalue weighted by Gasteiger charge is 2.55. The Morgan fingerprint density at radius 2 is 1.87 bits per heavy atom. The molecule has 2 aliphatic carbocycles. The number of ketones is 1. The van der Waals surface area contributed by atoms with Gasteiger partial charge in [-0.1, -0.05) is 12.8 Å². The van der Waals surface area contributed by atoms with Gasteiger partial charge in [0.1, 0.15) is 5.57 Å². The number of hydrogen-bond donors (Lipinski definition) is 2. The van der Waals surface area contributed by atoms with Crippen molar-refractivity contribution in [2.45, 2.75) is 88.3 Å². The van der Waals surface area contributed by atoms with Crippen molar-refractivity contribution in [1.82, 2.24) is 30.4 Å². The maximum atomic E-state index is 14.0. The van der Waals surface area contributed by atoms with Crippen LogP contribution in [0.25, 0.3) is 0 Å². The van der Waals surface area contributed by atoms with Gasteiger partial charge in [0.25, 0.3) is 5.91 Å². The molecule has 0 radical (unpaired) electrons. The van der Waals surface area contributed by atoms with Gasteiger partial charge < -0.3 is 15.1 Å². The molecule has 1 aromatic heterocycles. The first-order valence-corrected chi connectivity index (χ1v) is 15.6. The highest BCUT2D eigenvalue weighted by Crippen LogP contribution is 2.53. The Morgan fingerprint density at radius 1 is 1.08 bits per heavy atom. The van der Waals surface area contributed by atoms with Crippen LogP contribution in [0.4, 0.5) is 0 Å². The molecule has 0 spiro atoms. The first-order valence-electron chi connectivity index (χ1n) is 14.7. The Labute approximate surface area is 229 Å². The minimum atomic E-state index is -0.253. The Kier molecular flexibility index (Phi) is 6.52. The lowest BCUT2D eigenvalue weighted by atomic mass is 9.78. The van der Waals surface area contributed by atoms with Gasteiger partial charge in [0.15, 0.2) is 5.78 Å². The number of nitrogens with zero attached hydrogens (tertiary/aromatic N) is 4. The molecule has 5 heterocycles. The molecule has 6 unspecified atom stereocenters. The molecule has 5 fully saturated rings. The lowest BCUT2D eigenvalue weighted by Crippen LogP contribution is -2.64. The number of likely N-dealkylation sites (tertiary alicyclic amines) is 1. The van der Waals surface area contributed by atoms with E-state index in [2.05, 4.69) is 37.4 Å². The summed E-state index contributed by atoms with van der Waals surface area (Å²) >= 11 is 1.80. The van der Waals surface area contributed by atoms with Gasteiger partial charge in [-0.3, -0.25) is 24.9 Å². The second kappa shape index (κ2) is 9.89. The predicted octanol–water partition coefficient (Wildman–Crippen LogP) is 2.84. The third-order valence-electron chi connectivity index (χ3n) is 10.2. The van der Waals surface area contributed by atoms with E-state index in [0.717, 1.165) is 48.2 Å². The molecular formula is C29H40N6O2S. The van der Waals surface area contributed by atoms with Gasteiger partial charge >= 0.3 is 0 Å². The van der Waals surface area contributed by atoms with Gasteiger partial charge in [-0.25, -0.2) is 0 Å². The zero-order chi connectivity index (χ0) is 26.0. The Bertz CT molecular complexity index is 1130. The van der Waals surface area contributed by atoms with E-state index < -0.39 is 0 Å². The number of nitrogens with one attached hydrogen (secondary N) is 2. The summed E-state index contributed by atoms with van der Waals surface area (Å²) in [4.78, 5) is 41.2. The molecule has 2 saturated carbocycles. The number of carbonyl (C=O) groups excluding carboxylic acids is 2. The van der Waals surface area contributed by atoms with Crippen molar-refractivity contribution in [2.75, 3.05) is 20.1 Å². The number of aromatic nitrogens is 2. The molecule has 4 aliphatic heterocycles. The molecule has 8 nitrogen and oxygen atoms in total. The molecule has 8 atom stereocenters. The van der Waals surface area contributed by atoms with E-state index in [1.54, 1.807) is 24.2 Å². The fraction of sp³-hybridized carbons (Fsp3) is 0.724. The third-order valence-corrected chi connectivity index (χ3v) is 11.7. The fourth-order valence-corrected chi connectivity index (χ4v) is 10.1. The van der Waals surface area contributed by atoms with Crippen molar-refractivity contribution in [2.24, 2.45) is 23.7 Å². The summed E-state index contributed by atoms with van der Waals surface area (Å²) in [7, 11) is 2.26. The molecule has 204 valence electrons. The Balaban J connectivity index is 1.14. The lowest BCUT2D eigenvalue weighted by molar-refractivity contribution is -0.129. The van der Waals surface area contributed by atoms with Crippen molar-refractivity contribution in [3.05, 3.63) is 34.4 Å². The minimum Gasteiger partial charge on any atom is -0.346 e. The second-order valence-corrected chi connectivity index (χ2v) is 13.9. The highest BCUT2D eigenvalue weighted by molar-refractivity contribution is 8.04. The van der Waals surface area contributed by atoms with Crippen LogP contribution in [0.5, 0.6) is 0 Å². The maximum absolute atomic E-state index is 14.0. The van der Waals surface area contributed by atoms with E-state index in [1.165, 1.54) is 38.8 Å². The van der Waals surface area contributed by atoms with Crippen molar-refractivity contribution in [1.29, 1.82) is 0 Å². The molecule has 0 aromatic carbocycles. The van der Waals surface area contributed by atoms with E-state index in [-0.39, 0.29) is 30.3 Å². The van der Waals surface area contributed by atoms with Gasteiger partial charge in [0, 0.05) is 36.6 Å². The normalized spacial score (nSPS) is 38.6. The Hall–Kier alpha value is -1.97. The quantitative estimate of drug-likeness (QED) is 0.568. The first-order chi connectivity index (χ1) is 18.5. The van der Waals surface area contributed by atoms with Crippen LogP contribution in [-0.2, 0) is 16.1 Å². The van der Waals surface area contributed by atoms with E-state index in [4.69, 9.17) is 0 Å². The summed E-state index contributed by atoms with van der Waals surface area (Å²) in [5.74, 6) is 2.02. The summed E-state index contributed by atoms with van der Waals surface area (Å²) in [6, 6.07) is 0.891. The van der Waals surface area contributed by atoms with Crippen molar-refractivity contribution in [3.8, 4) is 0 Å². The molecule has 2 N–H and O–H groups in total. The zero-order valence-electron chi connectivity index (χ0n) is 22.6. The SMILES string of the molecule is Cc1cnc(CNC(=O)C2=C3SC4CCCCC4N3C3NC(C4C[C@@H]5CN(C)C[C@@H]5C4)CCC3C2=O)cn1. The molecule has 6 aliphatic rings. The molecule has 1 amide bonds. The molecule has 3 saturated heterocycles. The summed E-state index contributed by atoms with van der Waals surface area (Å²) in [5.41, 5.74) is 1.94. The predicted molar refractivity (Wildman–Crippen MR) is 147 cm³/mol. The van der Waals surface area contributed by atoms with Crippen LogP contribution >= 0.6 is 11.8 Å². The number of Topliss-reactive ketones (excluding diaryl/α,β-unsaturated/α-hetero) is 1. The lowest BCUT2D eigenvalue weighted by Gasteiger charge is -2.49. The number of piperidine rings is 1. The summed E-state index contributed by atoms with van der Waals surface area (Å²) in [5, 5.41) is 8.45. The number of rotatable bonds is 4. The Morgan fingerprint density at radius 3 is 2.63 bits per heavy atom. The van der Waals surface area contributed by atoms with Crippen LogP contribution in [0, 0.1) is 30.6 Å². The summed E-state index contributed by atoms with van der Waals surface area (Å²) in [6.07, 6.45) is 12.7. The third kappa shape index (κ3) is 4.29. The van der Waals surface area contributed by atoms with Crippen LogP contribution < -0.4 is 10.6 Å². The standard InChI is InChI=1S/C29H40N6O2S/c1-16-11-31-20(12-30-16)13-32-28(37)25-26(36)21-7-8-22(17-9-18-14-34(2)15-19(18)10-17)33-27(21)35-23-5-3-4-6-24(23)38-29(25)35/h11-12,17-19,21-24,27,33H,3-10,13-15H2,1-2H3,(H,32,37)/t17?,18-,19+,21?,22?,23?,24?,27?. The van der Waals surface area contributed by atoms with Gasteiger partial charge in [-0.2, -0.15) is 0 Å². The molecule has 9 heteroatoms. The molecular weight excluding hydrogens is 496 g/mol. The van der Waals surface area contributed by atoms with Crippen molar-refractivity contribution < 1.29 is 9.59 Å². The van der Waals surface area contributed by atoms with Crippen LogP contribution in [-0.4, -0.2) is 75.1 Å². The summed E-state index contributed by atoms with van der Waals surface area (Å²) in [6.45, 7) is 4.65. The van der Waals surface area contributed by atoms with Crippen LogP contribution in [0.15, 0.2) is 23.0 Å². The zero-order valence-corrected chi connectivity index (χ0v) is 23.4. The average molecular weight is 537 g/mol. The molecule has 1 aromatic rings. The van der Waals surface area contributed by atoms with Gasteiger partial charge in [-0.05, 0) is 70.3 Å². The van der Waals surface area contributed by atoms with E-state index >= 15 is 0 Å². The maximum Gasteiger partial charge on any atom is 0.257 e. The van der Waals surface area contributed by atoms with Crippen molar-refractivity contribution in [3.63, 3.8) is 0 Å². The highest BCUT2D eigenvalue weighted by atomic mass is 32.2. The first kappa shape index (κ1) is 25.0. The number of fused-ring (bicyclic) bond motifs is 6. The number of amides is 1. The number of aryl methyl sites for hydroxylation is 1. The largest absolute Gasteiger partial charge is 0.346 e. The second-order valence-electron chi connectivity index (χ2n) is 12.7.